The number of aliphatic hydroxyl groups excluding tert-OH is 1. The van der Waals surface area contributed by atoms with Gasteiger partial charge in [0.1, 0.15) is 17.6 Å². The van der Waals surface area contributed by atoms with Gasteiger partial charge in [-0.1, -0.05) is 115 Å². The van der Waals surface area contributed by atoms with E-state index in [9.17, 15) is 5.11 Å². The molecule has 160 valence electrons. The van der Waals surface area contributed by atoms with Crippen molar-refractivity contribution in [3.8, 4) is 0 Å². The maximum Gasteiger partial charge on any atom is 0.143 e. The van der Waals surface area contributed by atoms with Crippen molar-refractivity contribution < 1.29 is 5.11 Å². The van der Waals surface area contributed by atoms with Gasteiger partial charge in [-0.3, -0.25) is 4.99 Å². The zero-order chi connectivity index (χ0) is 19.7. The highest BCUT2D eigenvalue weighted by Gasteiger charge is 2.25. The minimum Gasteiger partial charge on any atom is -0.374 e. The minimum atomic E-state index is -0.478. The van der Waals surface area contributed by atoms with Crippen LogP contribution in [0, 0.1) is 0 Å². The number of nitrogens with zero attached hydrogens (tertiary/aromatic N) is 2. The predicted octanol–water partition coefficient (Wildman–Crippen LogP) is 7.26. The smallest absolute Gasteiger partial charge is 0.143 e. The van der Waals surface area contributed by atoms with E-state index < -0.39 is 6.23 Å². The summed E-state index contributed by atoms with van der Waals surface area (Å²) in [5.74, 6) is 0.996. The molecular weight excluding hydrogens is 356 g/mol. The first kappa shape index (κ1) is 24.8. The standard InChI is InChI=1S/C23H45ClN2O/c1-3-4-5-6-7-8-9-10-11-12-13-14-15-16-17-18-19-23-25-22(24)20-26(23)21(2)27/h21-22,27H,3-20H2,1-2H3. The first-order valence-corrected chi connectivity index (χ1v) is 12.2. The van der Waals surface area contributed by atoms with Crippen molar-refractivity contribution in [2.24, 2.45) is 4.99 Å². The summed E-state index contributed by atoms with van der Waals surface area (Å²) in [6.45, 7) is 4.72. The van der Waals surface area contributed by atoms with E-state index in [-0.39, 0.29) is 5.50 Å². The van der Waals surface area contributed by atoms with E-state index in [1.165, 1.54) is 96.3 Å². The lowest BCUT2D eigenvalue weighted by atomic mass is 10.0. The summed E-state index contributed by atoms with van der Waals surface area (Å²) in [4.78, 5) is 6.38. The quantitative estimate of drug-likeness (QED) is 0.149. The van der Waals surface area contributed by atoms with Crippen molar-refractivity contribution in [1.82, 2.24) is 4.90 Å². The van der Waals surface area contributed by atoms with Crippen LogP contribution in [0.2, 0.25) is 0 Å². The molecule has 2 atom stereocenters. The van der Waals surface area contributed by atoms with Crippen LogP contribution < -0.4 is 0 Å². The molecule has 1 rings (SSSR count). The predicted molar refractivity (Wildman–Crippen MR) is 120 cm³/mol. The highest BCUT2D eigenvalue weighted by Crippen LogP contribution is 2.19. The SMILES string of the molecule is CCCCCCCCCCCCCCCCCCC1=NC(Cl)CN1C(C)O. The van der Waals surface area contributed by atoms with Crippen molar-refractivity contribution in [3.63, 3.8) is 0 Å². The normalized spacial score (nSPS) is 18.1. The van der Waals surface area contributed by atoms with E-state index in [0.29, 0.717) is 6.54 Å². The van der Waals surface area contributed by atoms with Crippen LogP contribution in [0.25, 0.3) is 0 Å². The number of hydrogen-bond acceptors (Lipinski definition) is 3. The Hall–Kier alpha value is -0.280. The zero-order valence-corrected chi connectivity index (χ0v) is 18.9. The number of hydrogen-bond donors (Lipinski definition) is 1. The lowest BCUT2D eigenvalue weighted by molar-refractivity contribution is 0.0754. The topological polar surface area (TPSA) is 35.8 Å². The van der Waals surface area contributed by atoms with Gasteiger partial charge in [-0.05, 0) is 13.3 Å². The Morgan fingerprint density at radius 1 is 0.852 bits per heavy atom. The van der Waals surface area contributed by atoms with Crippen molar-refractivity contribution in [1.29, 1.82) is 0 Å². The average molecular weight is 401 g/mol. The Labute approximate surface area is 174 Å². The van der Waals surface area contributed by atoms with E-state index in [4.69, 9.17) is 11.6 Å². The Morgan fingerprint density at radius 3 is 1.67 bits per heavy atom. The average Bonchev–Trinajstić information content (AvgIpc) is 3.02. The Kier molecular flexibility index (Phi) is 15.3. The van der Waals surface area contributed by atoms with Gasteiger partial charge in [0, 0.05) is 6.42 Å². The highest BCUT2D eigenvalue weighted by atomic mass is 35.5. The molecule has 0 bridgehead atoms. The van der Waals surface area contributed by atoms with Gasteiger partial charge in [-0.15, -0.1) is 0 Å². The number of amidine groups is 1. The van der Waals surface area contributed by atoms with Crippen LogP contribution in [0.1, 0.15) is 123 Å². The number of rotatable bonds is 18. The lowest BCUT2D eigenvalue weighted by Crippen LogP contribution is -2.36. The molecule has 1 aliphatic heterocycles. The van der Waals surface area contributed by atoms with Gasteiger partial charge in [0.25, 0.3) is 0 Å². The van der Waals surface area contributed by atoms with Gasteiger partial charge in [0.2, 0.25) is 0 Å². The van der Waals surface area contributed by atoms with E-state index in [2.05, 4.69) is 11.9 Å². The van der Waals surface area contributed by atoms with Crippen molar-refractivity contribution >= 4 is 17.4 Å². The Morgan fingerprint density at radius 2 is 1.26 bits per heavy atom. The molecule has 0 aliphatic carbocycles. The van der Waals surface area contributed by atoms with Gasteiger partial charge in [0.05, 0.1) is 6.54 Å². The Bertz CT molecular complexity index is 373. The summed E-state index contributed by atoms with van der Waals surface area (Å²) < 4.78 is 0. The molecule has 0 saturated carbocycles. The second-order valence-electron chi connectivity index (χ2n) is 8.32. The van der Waals surface area contributed by atoms with Crippen LogP contribution in [0.15, 0.2) is 4.99 Å². The minimum absolute atomic E-state index is 0.185. The third-order valence-electron chi connectivity index (χ3n) is 5.67. The maximum atomic E-state index is 9.76. The number of aliphatic imine (C=N–C) groups is 1. The molecule has 0 aromatic heterocycles. The molecule has 0 aromatic rings. The number of alkyl halides is 1. The van der Waals surface area contributed by atoms with Gasteiger partial charge in [0.15, 0.2) is 0 Å². The second-order valence-corrected chi connectivity index (χ2v) is 8.82. The largest absolute Gasteiger partial charge is 0.374 e. The number of unbranched alkanes of at least 4 members (excludes halogenated alkanes) is 15. The summed E-state index contributed by atoms with van der Waals surface area (Å²) >= 11 is 6.08. The summed E-state index contributed by atoms with van der Waals surface area (Å²) in [5.41, 5.74) is -0.185. The van der Waals surface area contributed by atoms with Crippen LogP contribution in [-0.2, 0) is 0 Å². The third-order valence-corrected chi connectivity index (χ3v) is 5.91. The molecule has 0 saturated heterocycles. The molecule has 27 heavy (non-hydrogen) atoms. The zero-order valence-electron chi connectivity index (χ0n) is 18.1. The molecule has 0 spiro atoms. The van der Waals surface area contributed by atoms with Crippen molar-refractivity contribution in [2.75, 3.05) is 6.54 Å². The maximum absolute atomic E-state index is 9.76. The molecule has 3 nitrogen and oxygen atoms in total. The fourth-order valence-electron chi connectivity index (χ4n) is 3.95. The van der Waals surface area contributed by atoms with Gasteiger partial charge in [-0.2, -0.15) is 0 Å². The first-order chi connectivity index (χ1) is 13.1. The van der Waals surface area contributed by atoms with E-state index >= 15 is 0 Å². The molecule has 0 amide bonds. The van der Waals surface area contributed by atoms with Gasteiger partial charge < -0.3 is 10.0 Å². The molecule has 1 N–H and O–H groups in total. The molecule has 0 fully saturated rings. The van der Waals surface area contributed by atoms with Crippen LogP contribution >= 0.6 is 11.6 Å². The first-order valence-electron chi connectivity index (χ1n) is 11.8. The van der Waals surface area contributed by atoms with Crippen molar-refractivity contribution in [2.45, 2.75) is 135 Å². The lowest BCUT2D eigenvalue weighted by Gasteiger charge is -2.23. The fraction of sp³-hybridized carbons (Fsp3) is 0.957. The summed E-state index contributed by atoms with van der Waals surface area (Å²) in [7, 11) is 0. The van der Waals surface area contributed by atoms with Crippen LogP contribution in [-0.4, -0.2) is 34.1 Å². The summed E-state index contributed by atoms with van der Waals surface area (Å²) in [6, 6.07) is 0. The van der Waals surface area contributed by atoms with E-state index in [0.717, 1.165) is 18.7 Å². The molecule has 2 unspecified atom stereocenters. The molecule has 0 radical (unpaired) electrons. The fourth-order valence-corrected chi connectivity index (χ4v) is 4.21. The molecule has 1 aliphatic rings. The molecule has 1 heterocycles. The molecule has 4 heteroatoms. The van der Waals surface area contributed by atoms with Crippen molar-refractivity contribution in [3.05, 3.63) is 0 Å². The molecular formula is C23H45ClN2O. The van der Waals surface area contributed by atoms with Crippen LogP contribution in [0.5, 0.6) is 0 Å². The van der Waals surface area contributed by atoms with E-state index in [1.54, 1.807) is 6.92 Å². The van der Waals surface area contributed by atoms with Gasteiger partial charge in [-0.25, -0.2) is 0 Å². The highest BCUT2D eigenvalue weighted by molar-refractivity contribution is 6.22. The second kappa shape index (κ2) is 16.7. The van der Waals surface area contributed by atoms with E-state index in [1.807, 2.05) is 4.90 Å². The molecule has 0 aromatic carbocycles. The summed E-state index contributed by atoms with van der Waals surface area (Å²) in [5, 5.41) is 9.76. The summed E-state index contributed by atoms with van der Waals surface area (Å²) in [6.07, 6.45) is 22.7. The number of halogens is 1. The third kappa shape index (κ3) is 12.7. The van der Waals surface area contributed by atoms with Crippen LogP contribution in [0.3, 0.4) is 0 Å². The van der Waals surface area contributed by atoms with Crippen LogP contribution in [0.4, 0.5) is 0 Å². The Balaban J connectivity index is 1.81. The van der Waals surface area contributed by atoms with Gasteiger partial charge >= 0.3 is 0 Å². The monoisotopic (exact) mass is 400 g/mol. The number of aliphatic hydroxyl groups is 1.